The standard InChI is InChI=1S/C21H29N3O/c1-16-19(15-17-9-7-8-12-20(17)22-16)21(25)24(3)14-13-23(2)18-10-5-4-6-11-18/h7-9,12,15,18H,4-6,10-11,13-14H2,1-3H3. The van der Waals surface area contributed by atoms with Crippen LogP contribution in [0, 0.1) is 6.92 Å². The summed E-state index contributed by atoms with van der Waals surface area (Å²) in [5.74, 6) is 0.0628. The largest absolute Gasteiger partial charge is 0.340 e. The predicted octanol–water partition coefficient (Wildman–Crippen LogP) is 3.88. The zero-order chi connectivity index (χ0) is 17.8. The molecule has 4 heteroatoms. The average molecular weight is 339 g/mol. The van der Waals surface area contributed by atoms with E-state index < -0.39 is 0 Å². The van der Waals surface area contributed by atoms with Gasteiger partial charge < -0.3 is 9.80 Å². The Balaban J connectivity index is 1.64. The molecular weight excluding hydrogens is 310 g/mol. The third kappa shape index (κ3) is 4.18. The highest BCUT2D eigenvalue weighted by Crippen LogP contribution is 2.21. The van der Waals surface area contributed by atoms with Crippen LogP contribution in [0.5, 0.6) is 0 Å². The van der Waals surface area contributed by atoms with Crippen LogP contribution in [0.4, 0.5) is 0 Å². The molecule has 1 aliphatic carbocycles. The SMILES string of the molecule is Cc1nc2ccccc2cc1C(=O)N(C)CCN(C)C1CCCCC1. The molecule has 25 heavy (non-hydrogen) atoms. The van der Waals surface area contributed by atoms with E-state index in [2.05, 4.69) is 16.9 Å². The van der Waals surface area contributed by atoms with Crippen molar-refractivity contribution in [1.82, 2.24) is 14.8 Å². The van der Waals surface area contributed by atoms with Gasteiger partial charge in [0.25, 0.3) is 5.91 Å². The Bertz CT molecular complexity index is 737. The zero-order valence-electron chi connectivity index (χ0n) is 15.7. The number of hydrogen-bond donors (Lipinski definition) is 0. The summed E-state index contributed by atoms with van der Waals surface area (Å²) in [6.07, 6.45) is 6.64. The van der Waals surface area contributed by atoms with Crippen molar-refractivity contribution in [3.63, 3.8) is 0 Å². The Hall–Kier alpha value is -1.94. The maximum atomic E-state index is 12.9. The van der Waals surface area contributed by atoms with Crippen LogP contribution in [-0.4, -0.2) is 53.9 Å². The highest BCUT2D eigenvalue weighted by atomic mass is 16.2. The summed E-state index contributed by atoms with van der Waals surface area (Å²) in [4.78, 5) is 21.7. The molecule has 0 spiro atoms. The molecule has 4 nitrogen and oxygen atoms in total. The molecule has 3 rings (SSSR count). The number of hydrogen-bond acceptors (Lipinski definition) is 3. The maximum absolute atomic E-state index is 12.9. The number of amides is 1. The fourth-order valence-corrected chi connectivity index (χ4v) is 3.75. The normalized spacial score (nSPS) is 15.7. The van der Waals surface area contributed by atoms with Gasteiger partial charge in [0.05, 0.1) is 16.8 Å². The molecular formula is C21H29N3O. The Morgan fingerprint density at radius 3 is 2.60 bits per heavy atom. The van der Waals surface area contributed by atoms with Gasteiger partial charge in [-0.1, -0.05) is 37.5 Å². The highest BCUT2D eigenvalue weighted by molar-refractivity contribution is 5.98. The molecule has 0 aliphatic heterocycles. The van der Waals surface area contributed by atoms with Gasteiger partial charge in [0, 0.05) is 31.6 Å². The Kier molecular flexibility index (Phi) is 5.69. The van der Waals surface area contributed by atoms with Crippen molar-refractivity contribution in [3.05, 3.63) is 41.6 Å². The van der Waals surface area contributed by atoms with E-state index in [-0.39, 0.29) is 5.91 Å². The molecule has 1 aliphatic rings. The molecule has 1 aromatic carbocycles. The Morgan fingerprint density at radius 2 is 1.84 bits per heavy atom. The van der Waals surface area contributed by atoms with Crippen molar-refractivity contribution in [3.8, 4) is 0 Å². The summed E-state index contributed by atoms with van der Waals surface area (Å²) in [6, 6.07) is 10.6. The lowest BCUT2D eigenvalue weighted by Gasteiger charge is -2.32. The van der Waals surface area contributed by atoms with Crippen LogP contribution in [0.15, 0.2) is 30.3 Å². The van der Waals surface area contributed by atoms with E-state index in [1.54, 1.807) is 0 Å². The molecule has 1 amide bonds. The van der Waals surface area contributed by atoms with Gasteiger partial charge in [0.15, 0.2) is 0 Å². The van der Waals surface area contributed by atoms with Gasteiger partial charge in [-0.3, -0.25) is 9.78 Å². The van der Waals surface area contributed by atoms with E-state index in [9.17, 15) is 4.79 Å². The molecule has 0 N–H and O–H groups in total. The van der Waals surface area contributed by atoms with Crippen LogP contribution in [0.1, 0.15) is 48.2 Å². The summed E-state index contributed by atoms with van der Waals surface area (Å²) < 4.78 is 0. The van der Waals surface area contributed by atoms with Crippen LogP contribution >= 0.6 is 0 Å². The quantitative estimate of drug-likeness (QED) is 0.829. The summed E-state index contributed by atoms with van der Waals surface area (Å²) in [7, 11) is 4.09. The first-order valence-corrected chi connectivity index (χ1v) is 9.38. The number of likely N-dealkylation sites (N-methyl/N-ethyl adjacent to an activating group) is 2. The van der Waals surface area contributed by atoms with E-state index in [1.165, 1.54) is 32.1 Å². The van der Waals surface area contributed by atoms with Gasteiger partial charge in [0.2, 0.25) is 0 Å². The lowest BCUT2D eigenvalue weighted by atomic mass is 9.94. The predicted molar refractivity (Wildman–Crippen MR) is 103 cm³/mol. The summed E-state index contributed by atoms with van der Waals surface area (Å²) >= 11 is 0. The second kappa shape index (κ2) is 7.96. The fourth-order valence-electron chi connectivity index (χ4n) is 3.75. The molecule has 1 heterocycles. The first kappa shape index (κ1) is 17.9. The third-order valence-electron chi connectivity index (χ3n) is 5.48. The topological polar surface area (TPSA) is 36.4 Å². The number of rotatable bonds is 5. The molecule has 1 fully saturated rings. The molecule has 0 bridgehead atoms. The number of aromatic nitrogens is 1. The van der Waals surface area contributed by atoms with Crippen LogP contribution < -0.4 is 0 Å². The number of pyridine rings is 1. The van der Waals surface area contributed by atoms with Crippen molar-refractivity contribution >= 4 is 16.8 Å². The molecule has 0 saturated heterocycles. The number of carbonyl (C=O) groups is 1. The van der Waals surface area contributed by atoms with E-state index in [1.807, 2.05) is 49.2 Å². The van der Waals surface area contributed by atoms with E-state index in [0.29, 0.717) is 11.6 Å². The van der Waals surface area contributed by atoms with Crippen LogP contribution in [0.2, 0.25) is 0 Å². The molecule has 1 aromatic heterocycles. The lowest BCUT2D eigenvalue weighted by molar-refractivity contribution is 0.0766. The number of para-hydroxylation sites is 1. The monoisotopic (exact) mass is 339 g/mol. The number of fused-ring (bicyclic) bond motifs is 1. The second-order valence-electron chi connectivity index (χ2n) is 7.31. The van der Waals surface area contributed by atoms with Crippen LogP contribution in [0.3, 0.4) is 0 Å². The fraction of sp³-hybridized carbons (Fsp3) is 0.524. The number of nitrogens with zero attached hydrogens (tertiary/aromatic N) is 3. The molecule has 0 unspecified atom stereocenters. The summed E-state index contributed by atoms with van der Waals surface area (Å²) in [6.45, 7) is 3.59. The smallest absolute Gasteiger partial charge is 0.255 e. The van der Waals surface area contributed by atoms with Crippen molar-refractivity contribution in [2.24, 2.45) is 0 Å². The van der Waals surface area contributed by atoms with Gasteiger partial charge in [0.1, 0.15) is 0 Å². The lowest BCUT2D eigenvalue weighted by Crippen LogP contribution is -2.40. The van der Waals surface area contributed by atoms with Gasteiger partial charge in [-0.2, -0.15) is 0 Å². The average Bonchev–Trinajstić information content (AvgIpc) is 2.65. The molecule has 134 valence electrons. The molecule has 0 atom stereocenters. The minimum absolute atomic E-state index is 0.0628. The van der Waals surface area contributed by atoms with E-state index in [4.69, 9.17) is 0 Å². The Morgan fingerprint density at radius 1 is 1.12 bits per heavy atom. The number of aryl methyl sites for hydroxylation is 1. The van der Waals surface area contributed by atoms with Gasteiger partial charge >= 0.3 is 0 Å². The number of carbonyl (C=O) groups excluding carboxylic acids is 1. The molecule has 0 radical (unpaired) electrons. The summed E-state index contributed by atoms with van der Waals surface area (Å²) in [5.41, 5.74) is 2.45. The van der Waals surface area contributed by atoms with Crippen molar-refractivity contribution < 1.29 is 4.79 Å². The van der Waals surface area contributed by atoms with Crippen LogP contribution in [-0.2, 0) is 0 Å². The van der Waals surface area contributed by atoms with Crippen molar-refractivity contribution in [2.45, 2.75) is 45.1 Å². The third-order valence-corrected chi connectivity index (χ3v) is 5.48. The molecule has 2 aromatic rings. The van der Waals surface area contributed by atoms with Crippen molar-refractivity contribution in [1.29, 1.82) is 0 Å². The Labute approximate surface area is 150 Å². The van der Waals surface area contributed by atoms with Gasteiger partial charge in [-0.15, -0.1) is 0 Å². The van der Waals surface area contributed by atoms with Gasteiger partial charge in [-0.05, 0) is 38.9 Å². The molecule has 1 saturated carbocycles. The zero-order valence-corrected chi connectivity index (χ0v) is 15.7. The van der Waals surface area contributed by atoms with E-state index >= 15 is 0 Å². The second-order valence-corrected chi connectivity index (χ2v) is 7.31. The van der Waals surface area contributed by atoms with Crippen molar-refractivity contribution in [2.75, 3.05) is 27.2 Å². The first-order chi connectivity index (χ1) is 12.1. The minimum atomic E-state index is 0.0628. The summed E-state index contributed by atoms with van der Waals surface area (Å²) in [5, 5.41) is 1.02. The first-order valence-electron chi connectivity index (χ1n) is 9.38. The van der Waals surface area contributed by atoms with Gasteiger partial charge in [-0.25, -0.2) is 0 Å². The highest BCUT2D eigenvalue weighted by Gasteiger charge is 2.20. The maximum Gasteiger partial charge on any atom is 0.255 e. The van der Waals surface area contributed by atoms with E-state index in [0.717, 1.165) is 29.7 Å². The minimum Gasteiger partial charge on any atom is -0.340 e. The number of benzene rings is 1. The van der Waals surface area contributed by atoms with Crippen LogP contribution in [0.25, 0.3) is 10.9 Å².